The molecule has 0 N–H and O–H groups in total. The smallest absolute Gasteiger partial charge is 0.207 e. The lowest BCUT2D eigenvalue weighted by molar-refractivity contribution is 0.401. The molecule has 0 saturated carbocycles. The van der Waals surface area contributed by atoms with Gasteiger partial charge in [-0.1, -0.05) is 59.6 Å². The van der Waals surface area contributed by atoms with E-state index in [-0.39, 0.29) is 18.0 Å². The predicted octanol–water partition coefficient (Wildman–Crippen LogP) is 5.55. The fourth-order valence-electron chi connectivity index (χ4n) is 3.15. The summed E-state index contributed by atoms with van der Waals surface area (Å²) < 4.78 is 28.3. The Morgan fingerprint density at radius 1 is 0.774 bits per heavy atom. The lowest BCUT2D eigenvalue weighted by Gasteiger charge is -2.23. The molecule has 158 valence electrons. The Labute approximate surface area is 190 Å². The summed E-state index contributed by atoms with van der Waals surface area (Å²) in [5, 5.41) is 12.6. The van der Waals surface area contributed by atoms with Crippen LogP contribution in [0.4, 0.5) is 0 Å². The highest BCUT2D eigenvalue weighted by Crippen LogP contribution is 2.24. The molecule has 31 heavy (non-hydrogen) atoms. The van der Waals surface area contributed by atoms with Gasteiger partial charge in [-0.15, -0.1) is 5.10 Å². The van der Waals surface area contributed by atoms with Crippen molar-refractivity contribution in [1.82, 2.24) is 4.31 Å². The van der Waals surface area contributed by atoms with Crippen LogP contribution in [0.5, 0.6) is 0 Å². The second-order valence-corrected chi connectivity index (χ2v) is 9.80. The molecule has 4 rings (SSSR count). The third-order valence-electron chi connectivity index (χ3n) is 4.82. The Morgan fingerprint density at radius 3 is 1.81 bits per heavy atom. The molecule has 3 aromatic rings. The van der Waals surface area contributed by atoms with Gasteiger partial charge in [0.25, 0.3) is 0 Å². The average Bonchev–Trinajstić information content (AvgIpc) is 3.30. The van der Waals surface area contributed by atoms with Crippen LogP contribution >= 0.6 is 23.2 Å². The number of rotatable bonds is 7. The van der Waals surface area contributed by atoms with Crippen LogP contribution in [0.3, 0.4) is 0 Å². The molecule has 3 aromatic carbocycles. The van der Waals surface area contributed by atoms with Crippen LogP contribution in [0.25, 0.3) is 0 Å². The highest BCUT2D eigenvalue weighted by atomic mass is 35.5. The van der Waals surface area contributed by atoms with Gasteiger partial charge in [0, 0.05) is 23.1 Å². The minimum Gasteiger partial charge on any atom is -0.207 e. The maximum absolute atomic E-state index is 13.4. The van der Waals surface area contributed by atoms with Crippen LogP contribution in [-0.4, -0.2) is 25.0 Å². The first kappa shape index (κ1) is 21.6. The number of sulfonamides is 1. The van der Waals surface area contributed by atoms with Gasteiger partial charge < -0.3 is 0 Å². The van der Waals surface area contributed by atoms with Crippen molar-refractivity contribution in [3.8, 4) is 0 Å². The minimum atomic E-state index is -3.76. The summed E-state index contributed by atoms with van der Waals surface area (Å²) in [4.78, 5) is 0.186. The van der Waals surface area contributed by atoms with Crippen molar-refractivity contribution in [2.75, 3.05) is 6.54 Å². The van der Waals surface area contributed by atoms with Gasteiger partial charge in [-0.25, -0.2) is 8.42 Å². The van der Waals surface area contributed by atoms with Crippen LogP contribution in [0.15, 0.2) is 93.1 Å². The van der Waals surface area contributed by atoms with E-state index in [0.29, 0.717) is 16.6 Å². The lowest BCUT2D eigenvalue weighted by Crippen LogP contribution is -2.30. The van der Waals surface area contributed by atoms with Gasteiger partial charge >= 0.3 is 0 Å². The molecule has 0 aliphatic carbocycles. The standard InChI is InChI=1S/C22H18Cl2N4O2S/c23-19-7-3-17(4-8-19)15-28(31(29,30)21-11-9-20(24)10-12-21)14-16-1-5-18(6-2-16)22-13-25-27-26-22/h1-12H,13-15H2. The molecular formula is C22H18Cl2N4O2S. The van der Waals surface area contributed by atoms with Gasteiger partial charge in [-0.2, -0.15) is 9.42 Å². The van der Waals surface area contributed by atoms with E-state index in [1.165, 1.54) is 16.4 Å². The second-order valence-electron chi connectivity index (χ2n) is 6.99. The molecule has 9 heteroatoms. The van der Waals surface area contributed by atoms with E-state index in [1.54, 1.807) is 24.3 Å². The van der Waals surface area contributed by atoms with E-state index in [9.17, 15) is 8.42 Å². The van der Waals surface area contributed by atoms with Crippen molar-refractivity contribution in [2.45, 2.75) is 18.0 Å². The summed E-state index contributed by atoms with van der Waals surface area (Å²) in [6.45, 7) is 0.858. The summed E-state index contributed by atoms with van der Waals surface area (Å²) in [6.07, 6.45) is 0. The minimum absolute atomic E-state index is 0.186. The van der Waals surface area contributed by atoms with Crippen LogP contribution < -0.4 is 0 Å². The van der Waals surface area contributed by atoms with Crippen molar-refractivity contribution in [1.29, 1.82) is 0 Å². The SMILES string of the molecule is O=S(=O)(c1ccc(Cl)cc1)N(Cc1ccc(Cl)cc1)Cc1ccc(C2=NN=NC2)cc1. The Morgan fingerprint density at radius 2 is 1.29 bits per heavy atom. The first-order chi connectivity index (χ1) is 14.9. The van der Waals surface area contributed by atoms with Crippen molar-refractivity contribution >= 4 is 38.9 Å². The normalized spacial score (nSPS) is 13.6. The maximum Gasteiger partial charge on any atom is 0.243 e. The Balaban J connectivity index is 1.63. The topological polar surface area (TPSA) is 74.5 Å². The van der Waals surface area contributed by atoms with Crippen molar-refractivity contribution in [2.24, 2.45) is 15.4 Å². The maximum atomic E-state index is 13.4. The summed E-state index contributed by atoms with van der Waals surface area (Å²) >= 11 is 11.9. The number of nitrogens with zero attached hydrogens (tertiary/aromatic N) is 4. The third-order valence-corrected chi connectivity index (χ3v) is 7.13. The first-order valence-electron chi connectivity index (χ1n) is 9.45. The first-order valence-corrected chi connectivity index (χ1v) is 11.6. The fourth-order valence-corrected chi connectivity index (χ4v) is 4.81. The summed E-state index contributed by atoms with van der Waals surface area (Å²) in [5.74, 6) is 0. The van der Waals surface area contributed by atoms with Crippen LogP contribution in [0.1, 0.15) is 16.7 Å². The zero-order chi connectivity index (χ0) is 21.8. The van der Waals surface area contributed by atoms with Gasteiger partial charge in [0.2, 0.25) is 10.0 Å². The van der Waals surface area contributed by atoms with Crippen molar-refractivity contribution in [3.63, 3.8) is 0 Å². The van der Waals surface area contributed by atoms with Gasteiger partial charge in [-0.05, 0) is 58.3 Å². The lowest BCUT2D eigenvalue weighted by atomic mass is 10.1. The molecule has 0 radical (unpaired) electrons. The van der Waals surface area contributed by atoms with Gasteiger partial charge in [0.1, 0.15) is 6.54 Å². The summed E-state index contributed by atoms with van der Waals surface area (Å²) in [5.41, 5.74) is 3.39. The van der Waals surface area contributed by atoms with Gasteiger partial charge in [0.15, 0.2) is 0 Å². The zero-order valence-electron chi connectivity index (χ0n) is 16.3. The number of hydrogen-bond acceptors (Lipinski definition) is 5. The molecule has 0 saturated heterocycles. The molecule has 6 nitrogen and oxygen atoms in total. The Kier molecular flexibility index (Phi) is 6.48. The van der Waals surface area contributed by atoms with Crippen molar-refractivity contribution < 1.29 is 8.42 Å². The highest BCUT2D eigenvalue weighted by molar-refractivity contribution is 7.89. The molecular weight excluding hydrogens is 455 g/mol. The Bertz CT molecular complexity index is 1220. The quantitative estimate of drug-likeness (QED) is 0.451. The van der Waals surface area contributed by atoms with E-state index in [4.69, 9.17) is 23.2 Å². The van der Waals surface area contributed by atoms with E-state index in [2.05, 4.69) is 15.4 Å². The van der Waals surface area contributed by atoms with E-state index < -0.39 is 10.0 Å². The summed E-state index contributed by atoms with van der Waals surface area (Å²) in [7, 11) is -3.76. The number of benzene rings is 3. The van der Waals surface area contributed by atoms with E-state index in [1.807, 2.05) is 36.4 Å². The van der Waals surface area contributed by atoms with Gasteiger partial charge in [0.05, 0.1) is 10.6 Å². The molecule has 0 fully saturated rings. The number of halogens is 2. The molecule has 1 aliphatic heterocycles. The van der Waals surface area contributed by atoms with E-state index in [0.717, 1.165) is 22.4 Å². The molecule has 0 bridgehead atoms. The largest absolute Gasteiger partial charge is 0.243 e. The zero-order valence-corrected chi connectivity index (χ0v) is 18.6. The number of hydrogen-bond donors (Lipinski definition) is 0. The molecule has 0 amide bonds. The van der Waals surface area contributed by atoms with Crippen molar-refractivity contribution in [3.05, 3.63) is 99.5 Å². The monoisotopic (exact) mass is 472 g/mol. The Hall–Kier alpha value is -2.58. The molecule has 1 heterocycles. The van der Waals surface area contributed by atoms with E-state index >= 15 is 0 Å². The second kappa shape index (κ2) is 9.28. The molecule has 1 aliphatic rings. The van der Waals surface area contributed by atoms with Crippen LogP contribution in [-0.2, 0) is 23.1 Å². The molecule has 0 unspecified atom stereocenters. The molecule has 0 spiro atoms. The van der Waals surface area contributed by atoms with Gasteiger partial charge in [-0.3, -0.25) is 0 Å². The summed E-state index contributed by atoms with van der Waals surface area (Å²) in [6, 6.07) is 20.9. The third kappa shape index (κ3) is 5.19. The molecule has 0 aromatic heterocycles. The average molecular weight is 473 g/mol. The predicted molar refractivity (Wildman–Crippen MR) is 122 cm³/mol. The van der Waals surface area contributed by atoms with Crippen LogP contribution in [0, 0.1) is 0 Å². The fraction of sp³-hybridized carbons (Fsp3) is 0.136. The molecule has 0 atom stereocenters. The highest BCUT2D eigenvalue weighted by Gasteiger charge is 2.25. The van der Waals surface area contributed by atoms with Crippen LogP contribution in [0.2, 0.25) is 10.0 Å².